The number of aromatic nitrogens is 4. The highest BCUT2D eigenvalue weighted by Crippen LogP contribution is 2.33. The summed E-state index contributed by atoms with van der Waals surface area (Å²) in [4.78, 5) is 17.4. The van der Waals surface area contributed by atoms with Crippen molar-refractivity contribution in [1.82, 2.24) is 34.7 Å². The number of alkyl halides is 2. The first-order valence-electron chi connectivity index (χ1n) is 15.0. The molecule has 2 aromatic carbocycles. The zero-order valence-electron chi connectivity index (χ0n) is 25.8. The summed E-state index contributed by atoms with van der Waals surface area (Å²) >= 11 is 0. The molecule has 2 aromatic heterocycles. The van der Waals surface area contributed by atoms with E-state index in [1.807, 2.05) is 50.5 Å². The van der Waals surface area contributed by atoms with E-state index in [-0.39, 0.29) is 25.7 Å². The highest BCUT2D eigenvalue weighted by atomic mass is 19.3. The summed E-state index contributed by atoms with van der Waals surface area (Å²) < 4.78 is 64.2. The molecule has 6 rings (SSSR count). The lowest BCUT2D eigenvalue weighted by Crippen LogP contribution is -2.60. The number of nitrogens with zero attached hydrogens (tertiary/aromatic N) is 6. The second-order valence-corrected chi connectivity index (χ2v) is 12.0. The third kappa shape index (κ3) is 6.64. The van der Waals surface area contributed by atoms with E-state index in [9.17, 15) is 22.4 Å². The third-order valence-corrected chi connectivity index (χ3v) is 8.62. The molecule has 10 nitrogen and oxygen atoms in total. The molecule has 0 aliphatic carbocycles. The van der Waals surface area contributed by atoms with Gasteiger partial charge in [-0.25, -0.2) is 27.0 Å². The number of para-hydroxylation sites is 1. The normalized spacial score (nSPS) is 20.4. The molecule has 2 saturated heterocycles. The van der Waals surface area contributed by atoms with Crippen LogP contribution >= 0.6 is 0 Å². The molecule has 4 heterocycles. The summed E-state index contributed by atoms with van der Waals surface area (Å²) in [5, 5.41) is 15.1. The van der Waals surface area contributed by atoms with Gasteiger partial charge >= 0.3 is 6.03 Å². The summed E-state index contributed by atoms with van der Waals surface area (Å²) in [6, 6.07) is 11.8. The van der Waals surface area contributed by atoms with Gasteiger partial charge in [0.15, 0.2) is 11.6 Å². The summed E-state index contributed by atoms with van der Waals surface area (Å²) in [5.74, 6) is -4.62. The molecule has 244 valence electrons. The molecule has 2 aliphatic heterocycles. The number of carbonyl (C=O) groups excluding carboxylic acids is 1. The van der Waals surface area contributed by atoms with Crippen LogP contribution in [0.15, 0.2) is 60.9 Å². The molecule has 0 radical (unpaired) electrons. The summed E-state index contributed by atoms with van der Waals surface area (Å²) in [6.45, 7) is 2.55. The monoisotopic (exact) mass is 640 g/mol. The van der Waals surface area contributed by atoms with Crippen LogP contribution in [-0.4, -0.2) is 99.8 Å². The predicted molar refractivity (Wildman–Crippen MR) is 164 cm³/mol. The molecule has 1 unspecified atom stereocenters. The van der Waals surface area contributed by atoms with Crippen LogP contribution in [0.25, 0.3) is 16.9 Å². The molecule has 2 N–H and O–H groups in total. The van der Waals surface area contributed by atoms with Gasteiger partial charge in [-0.15, -0.1) is 0 Å². The Morgan fingerprint density at radius 2 is 1.87 bits per heavy atom. The van der Waals surface area contributed by atoms with Crippen molar-refractivity contribution in [2.24, 2.45) is 7.05 Å². The van der Waals surface area contributed by atoms with Crippen molar-refractivity contribution in [3.63, 3.8) is 0 Å². The number of rotatable bonds is 10. The van der Waals surface area contributed by atoms with Gasteiger partial charge in [-0.05, 0) is 36.8 Å². The van der Waals surface area contributed by atoms with Gasteiger partial charge in [-0.3, -0.25) is 19.8 Å². The van der Waals surface area contributed by atoms with Gasteiger partial charge in [-0.2, -0.15) is 10.2 Å². The van der Waals surface area contributed by atoms with Crippen molar-refractivity contribution in [2.45, 2.75) is 30.8 Å². The van der Waals surface area contributed by atoms with E-state index in [0.717, 1.165) is 28.9 Å². The lowest BCUT2D eigenvalue weighted by atomic mass is 9.94. The Morgan fingerprint density at radius 1 is 1.11 bits per heavy atom. The molecule has 46 heavy (non-hydrogen) atoms. The Hall–Kier alpha value is -4.27. The lowest BCUT2D eigenvalue weighted by Gasteiger charge is -2.42. The maximum absolute atomic E-state index is 14.4. The van der Waals surface area contributed by atoms with E-state index in [2.05, 4.69) is 20.6 Å². The van der Waals surface area contributed by atoms with E-state index in [4.69, 9.17) is 9.84 Å². The Kier molecular flexibility index (Phi) is 8.86. The Bertz CT molecular complexity index is 1690. The SMILES string of the molecule is COCC(CN1CC(F)(F)C1)N1C[C@@H](NC(=O)Nc2c(C)c(-c3cnn(C)c3)nn2-c2ccccc2)[C@H](c2ccc(F)c(F)c2)C1. The van der Waals surface area contributed by atoms with Crippen LogP contribution in [0.1, 0.15) is 17.0 Å². The van der Waals surface area contributed by atoms with Crippen molar-refractivity contribution in [3.05, 3.63) is 83.7 Å². The van der Waals surface area contributed by atoms with Gasteiger partial charge < -0.3 is 10.1 Å². The van der Waals surface area contributed by atoms with Crippen LogP contribution in [0.4, 0.5) is 28.2 Å². The van der Waals surface area contributed by atoms with E-state index >= 15 is 0 Å². The van der Waals surface area contributed by atoms with Gasteiger partial charge in [0, 0.05) is 63.1 Å². The molecular formula is C32H36F4N8O2. The van der Waals surface area contributed by atoms with Crippen LogP contribution in [0, 0.1) is 18.6 Å². The summed E-state index contributed by atoms with van der Waals surface area (Å²) in [5.41, 5.74) is 3.42. The fourth-order valence-electron chi connectivity index (χ4n) is 6.39. The quantitative estimate of drug-likeness (QED) is 0.250. The number of methoxy groups -OCH3 is 1. The number of hydrogen-bond acceptors (Lipinski definition) is 6. The minimum absolute atomic E-state index is 0.257. The number of carbonyl (C=O) groups is 1. The number of likely N-dealkylation sites (tertiary alicyclic amines) is 2. The number of hydrogen-bond donors (Lipinski definition) is 2. The largest absolute Gasteiger partial charge is 0.383 e. The van der Waals surface area contributed by atoms with Crippen molar-refractivity contribution < 1.29 is 27.1 Å². The molecule has 2 aliphatic rings. The fraction of sp³-hybridized carbons (Fsp3) is 0.406. The van der Waals surface area contributed by atoms with E-state index in [1.54, 1.807) is 27.6 Å². The average molecular weight is 641 g/mol. The maximum Gasteiger partial charge on any atom is 0.320 e. The Morgan fingerprint density at radius 3 is 2.52 bits per heavy atom. The van der Waals surface area contributed by atoms with Crippen LogP contribution in [0.3, 0.4) is 0 Å². The van der Waals surface area contributed by atoms with Gasteiger partial charge in [-0.1, -0.05) is 24.3 Å². The highest BCUT2D eigenvalue weighted by molar-refractivity contribution is 5.91. The molecule has 0 spiro atoms. The third-order valence-electron chi connectivity index (χ3n) is 8.62. The van der Waals surface area contributed by atoms with Gasteiger partial charge in [0.1, 0.15) is 11.5 Å². The summed E-state index contributed by atoms with van der Waals surface area (Å²) in [6.07, 6.45) is 3.54. The number of aryl methyl sites for hydroxylation is 1. The molecule has 0 bridgehead atoms. The fourth-order valence-corrected chi connectivity index (χ4v) is 6.39. The maximum atomic E-state index is 14.4. The zero-order valence-corrected chi connectivity index (χ0v) is 25.8. The van der Waals surface area contributed by atoms with Crippen LogP contribution in [0.2, 0.25) is 0 Å². The van der Waals surface area contributed by atoms with Crippen molar-refractivity contribution in [2.75, 3.05) is 51.8 Å². The predicted octanol–water partition coefficient (Wildman–Crippen LogP) is 4.41. The average Bonchev–Trinajstić information content (AvgIpc) is 3.71. The number of amides is 2. The highest BCUT2D eigenvalue weighted by Gasteiger charge is 2.46. The number of ether oxygens (including phenoxy) is 1. The number of benzene rings is 2. The molecule has 0 saturated carbocycles. The zero-order chi connectivity index (χ0) is 32.6. The van der Waals surface area contributed by atoms with Crippen LogP contribution in [0.5, 0.6) is 0 Å². The second-order valence-electron chi connectivity index (χ2n) is 12.0. The molecule has 4 aromatic rings. The number of urea groups is 1. The summed E-state index contributed by atoms with van der Waals surface area (Å²) in [7, 11) is 3.35. The Labute approximate surface area is 263 Å². The first kappa shape index (κ1) is 31.7. The minimum Gasteiger partial charge on any atom is -0.383 e. The Balaban J connectivity index is 1.26. The topological polar surface area (TPSA) is 92.5 Å². The van der Waals surface area contributed by atoms with Crippen molar-refractivity contribution >= 4 is 11.8 Å². The minimum atomic E-state index is -2.71. The molecule has 2 amide bonds. The van der Waals surface area contributed by atoms with Gasteiger partial charge in [0.25, 0.3) is 5.92 Å². The molecule has 2 fully saturated rings. The molecular weight excluding hydrogens is 604 g/mol. The number of halogens is 4. The molecule has 3 atom stereocenters. The van der Waals surface area contributed by atoms with Gasteiger partial charge in [0.2, 0.25) is 0 Å². The smallest absolute Gasteiger partial charge is 0.320 e. The number of nitrogens with one attached hydrogen (secondary N) is 2. The molecule has 14 heteroatoms. The van der Waals surface area contributed by atoms with E-state index < -0.39 is 35.5 Å². The van der Waals surface area contributed by atoms with Crippen LogP contribution in [-0.2, 0) is 11.8 Å². The lowest BCUT2D eigenvalue weighted by molar-refractivity contribution is -0.137. The van der Waals surface area contributed by atoms with Crippen LogP contribution < -0.4 is 10.6 Å². The second kappa shape index (κ2) is 12.9. The van der Waals surface area contributed by atoms with E-state index in [0.29, 0.717) is 36.7 Å². The van der Waals surface area contributed by atoms with Gasteiger partial charge in [0.05, 0.1) is 37.6 Å². The number of anilines is 1. The van der Waals surface area contributed by atoms with Crippen molar-refractivity contribution in [1.29, 1.82) is 0 Å². The first-order chi connectivity index (χ1) is 22.0. The van der Waals surface area contributed by atoms with E-state index in [1.165, 1.54) is 6.07 Å². The first-order valence-corrected chi connectivity index (χ1v) is 15.0. The standard InChI is InChI=1S/C32H36F4N8O2/c1-20-29(22-12-37-41(2)13-22)40-44(23-7-5-4-6-8-23)30(20)39-31(45)38-28-16-43(15-25(28)21-9-10-26(33)27(34)11-21)24(17-46-3)14-42-18-32(35,36)19-42/h4-13,24-25,28H,14-19H2,1-3H3,(H2,38,39,45)/t24?,25-,28+/m0/s1. The van der Waals surface area contributed by atoms with Crippen molar-refractivity contribution in [3.8, 4) is 16.9 Å².